The van der Waals surface area contributed by atoms with E-state index in [1.165, 1.54) is 16.4 Å². The van der Waals surface area contributed by atoms with E-state index in [1.807, 2.05) is 0 Å². The van der Waals surface area contributed by atoms with Gasteiger partial charge in [0, 0.05) is 24.2 Å². The summed E-state index contributed by atoms with van der Waals surface area (Å²) in [6.45, 7) is 0.650. The molecule has 0 unspecified atom stereocenters. The lowest BCUT2D eigenvalue weighted by Crippen LogP contribution is -2.42. The van der Waals surface area contributed by atoms with Crippen LogP contribution >= 0.6 is 24.0 Å². The number of halogens is 3. The van der Waals surface area contributed by atoms with Crippen LogP contribution in [0.25, 0.3) is 0 Å². The molecule has 1 heterocycles. The van der Waals surface area contributed by atoms with Crippen LogP contribution in [-0.4, -0.2) is 31.9 Å². The average Bonchev–Trinajstić information content (AvgIpc) is 2.29. The van der Waals surface area contributed by atoms with Crippen molar-refractivity contribution in [1.82, 2.24) is 4.31 Å². The number of piperidine rings is 1. The number of hydrogen-bond acceptors (Lipinski definition) is 3. The first-order valence-electron chi connectivity index (χ1n) is 5.62. The minimum atomic E-state index is -3.79. The molecule has 19 heavy (non-hydrogen) atoms. The fourth-order valence-electron chi connectivity index (χ4n) is 1.94. The van der Waals surface area contributed by atoms with Gasteiger partial charge in [-0.25, -0.2) is 12.8 Å². The quantitative estimate of drug-likeness (QED) is 0.903. The largest absolute Gasteiger partial charge is 0.328 e. The minimum Gasteiger partial charge on any atom is -0.328 e. The highest BCUT2D eigenvalue weighted by Crippen LogP contribution is 2.24. The highest BCUT2D eigenvalue weighted by molar-refractivity contribution is 7.89. The molecule has 4 nitrogen and oxygen atoms in total. The highest BCUT2D eigenvalue weighted by Gasteiger charge is 2.30. The normalized spacial score (nSPS) is 18.1. The van der Waals surface area contributed by atoms with Crippen molar-refractivity contribution >= 4 is 34.0 Å². The molecule has 0 aromatic heterocycles. The van der Waals surface area contributed by atoms with Crippen molar-refractivity contribution in [1.29, 1.82) is 0 Å². The zero-order valence-electron chi connectivity index (χ0n) is 10.1. The van der Waals surface area contributed by atoms with Gasteiger partial charge in [0.15, 0.2) is 0 Å². The highest BCUT2D eigenvalue weighted by atomic mass is 35.5. The van der Waals surface area contributed by atoms with Crippen molar-refractivity contribution < 1.29 is 12.8 Å². The monoisotopic (exact) mass is 328 g/mol. The third kappa shape index (κ3) is 3.58. The predicted octanol–water partition coefficient (Wildman–Crippen LogP) is 2.01. The van der Waals surface area contributed by atoms with E-state index < -0.39 is 15.8 Å². The van der Waals surface area contributed by atoms with E-state index in [0.29, 0.717) is 25.9 Å². The van der Waals surface area contributed by atoms with Gasteiger partial charge < -0.3 is 5.73 Å². The molecule has 1 fully saturated rings. The molecule has 1 aliphatic rings. The molecule has 1 saturated heterocycles. The molecule has 108 valence electrons. The first-order chi connectivity index (χ1) is 8.41. The second kappa shape index (κ2) is 6.37. The van der Waals surface area contributed by atoms with Gasteiger partial charge in [-0.3, -0.25) is 0 Å². The van der Waals surface area contributed by atoms with Gasteiger partial charge in [0.1, 0.15) is 10.7 Å². The summed E-state index contributed by atoms with van der Waals surface area (Å²) in [6, 6.07) is 3.59. The molecular formula is C11H15Cl2FN2O2S. The number of rotatable bonds is 2. The summed E-state index contributed by atoms with van der Waals surface area (Å²) < 4.78 is 39.4. The summed E-state index contributed by atoms with van der Waals surface area (Å²) in [7, 11) is -3.79. The third-order valence-electron chi connectivity index (χ3n) is 3.01. The summed E-state index contributed by atoms with van der Waals surface area (Å²) in [5, 5.41) is 0.173. The molecule has 1 aliphatic heterocycles. The molecule has 0 aliphatic carbocycles. The Morgan fingerprint density at radius 1 is 1.32 bits per heavy atom. The maximum absolute atomic E-state index is 13.7. The van der Waals surface area contributed by atoms with Gasteiger partial charge in [-0.2, -0.15) is 4.31 Å². The van der Waals surface area contributed by atoms with E-state index in [1.54, 1.807) is 0 Å². The Kier molecular flexibility index (Phi) is 5.58. The van der Waals surface area contributed by atoms with Crippen molar-refractivity contribution in [3.63, 3.8) is 0 Å². The molecular weight excluding hydrogens is 314 g/mol. The molecule has 0 saturated carbocycles. The van der Waals surface area contributed by atoms with Crippen molar-refractivity contribution in [3.8, 4) is 0 Å². The van der Waals surface area contributed by atoms with Crippen LogP contribution < -0.4 is 5.73 Å². The Labute approximate surface area is 123 Å². The minimum absolute atomic E-state index is 0. The van der Waals surface area contributed by atoms with E-state index in [-0.39, 0.29) is 28.4 Å². The van der Waals surface area contributed by atoms with Crippen LogP contribution in [0.3, 0.4) is 0 Å². The molecule has 1 aromatic carbocycles. The van der Waals surface area contributed by atoms with Crippen LogP contribution in [0.5, 0.6) is 0 Å². The molecule has 0 amide bonds. The molecule has 8 heteroatoms. The molecule has 1 aromatic rings. The number of nitrogens with zero attached hydrogens (tertiary/aromatic N) is 1. The predicted molar refractivity (Wildman–Crippen MR) is 74.6 cm³/mol. The van der Waals surface area contributed by atoms with Crippen molar-refractivity contribution in [2.75, 3.05) is 13.1 Å². The Morgan fingerprint density at radius 2 is 1.89 bits per heavy atom. The number of benzene rings is 1. The Bertz CT molecular complexity index is 546. The standard InChI is InChI=1S/C11H14ClFN2O2S.ClH/c12-8-1-2-11(10(13)7-8)18(16,17)15-5-3-9(14)4-6-15;/h1-2,7,9H,3-6,14H2;1H. The first-order valence-corrected chi connectivity index (χ1v) is 7.44. The van der Waals surface area contributed by atoms with E-state index >= 15 is 0 Å². The maximum atomic E-state index is 13.7. The van der Waals surface area contributed by atoms with Crippen molar-refractivity contribution in [2.45, 2.75) is 23.8 Å². The van der Waals surface area contributed by atoms with Crippen LogP contribution in [-0.2, 0) is 10.0 Å². The van der Waals surface area contributed by atoms with E-state index in [2.05, 4.69) is 0 Å². The Morgan fingerprint density at radius 3 is 2.42 bits per heavy atom. The Hall–Kier alpha value is -0.400. The van der Waals surface area contributed by atoms with Gasteiger partial charge in [0.05, 0.1) is 0 Å². The van der Waals surface area contributed by atoms with Crippen molar-refractivity contribution in [2.24, 2.45) is 5.73 Å². The van der Waals surface area contributed by atoms with Gasteiger partial charge in [0.2, 0.25) is 10.0 Å². The third-order valence-corrected chi connectivity index (χ3v) is 5.18. The summed E-state index contributed by atoms with van der Waals surface area (Å²) in [5.74, 6) is -0.822. The van der Waals surface area contributed by atoms with Gasteiger partial charge >= 0.3 is 0 Å². The van der Waals surface area contributed by atoms with E-state index in [4.69, 9.17) is 17.3 Å². The average molecular weight is 329 g/mol. The van der Waals surface area contributed by atoms with Crippen LogP contribution in [0.4, 0.5) is 4.39 Å². The molecule has 0 radical (unpaired) electrons. The van der Waals surface area contributed by atoms with E-state index in [9.17, 15) is 12.8 Å². The van der Waals surface area contributed by atoms with Crippen LogP contribution in [0.1, 0.15) is 12.8 Å². The molecule has 0 spiro atoms. The lowest BCUT2D eigenvalue weighted by molar-refractivity contribution is 0.319. The van der Waals surface area contributed by atoms with Crippen LogP contribution in [0, 0.1) is 5.82 Å². The summed E-state index contributed by atoms with van der Waals surface area (Å²) in [4.78, 5) is -0.331. The fourth-order valence-corrected chi connectivity index (χ4v) is 3.61. The zero-order chi connectivity index (χ0) is 13.3. The SMILES string of the molecule is Cl.NC1CCN(S(=O)(=O)c2ccc(Cl)cc2F)CC1. The smallest absolute Gasteiger partial charge is 0.245 e. The summed E-state index contributed by atoms with van der Waals surface area (Å²) in [5.41, 5.74) is 5.72. The van der Waals surface area contributed by atoms with Gasteiger partial charge in [-0.1, -0.05) is 11.6 Å². The van der Waals surface area contributed by atoms with E-state index in [0.717, 1.165) is 6.07 Å². The zero-order valence-corrected chi connectivity index (χ0v) is 12.4. The molecule has 0 atom stereocenters. The first kappa shape index (κ1) is 16.7. The summed E-state index contributed by atoms with van der Waals surface area (Å²) in [6.07, 6.45) is 1.18. The van der Waals surface area contributed by atoms with Gasteiger partial charge in [0.25, 0.3) is 0 Å². The summed E-state index contributed by atoms with van der Waals surface area (Å²) >= 11 is 5.61. The van der Waals surface area contributed by atoms with Gasteiger partial charge in [-0.15, -0.1) is 12.4 Å². The molecule has 2 rings (SSSR count). The van der Waals surface area contributed by atoms with Crippen molar-refractivity contribution in [3.05, 3.63) is 29.0 Å². The lowest BCUT2D eigenvalue weighted by Gasteiger charge is -2.29. The number of hydrogen-bond donors (Lipinski definition) is 1. The topological polar surface area (TPSA) is 63.4 Å². The Balaban J connectivity index is 0.00000180. The lowest BCUT2D eigenvalue weighted by atomic mass is 10.1. The molecule has 0 bridgehead atoms. The number of nitrogens with two attached hydrogens (primary N) is 1. The fraction of sp³-hybridized carbons (Fsp3) is 0.455. The van der Waals surface area contributed by atoms with Gasteiger partial charge in [-0.05, 0) is 31.0 Å². The second-order valence-corrected chi connectivity index (χ2v) is 6.66. The molecule has 2 N–H and O–H groups in total. The van der Waals surface area contributed by atoms with Crippen LogP contribution in [0.2, 0.25) is 5.02 Å². The van der Waals surface area contributed by atoms with Crippen LogP contribution in [0.15, 0.2) is 23.1 Å². The maximum Gasteiger partial charge on any atom is 0.245 e. The second-order valence-electron chi connectivity index (χ2n) is 4.32. The number of sulfonamides is 1.